The van der Waals surface area contributed by atoms with Gasteiger partial charge in [-0.1, -0.05) is 23.5 Å². The molecule has 2 heterocycles. The Morgan fingerprint density at radius 1 is 0.976 bits per heavy atom. The minimum atomic E-state index is -0.803. The van der Waals surface area contributed by atoms with Crippen LogP contribution in [0.15, 0.2) is 57.5 Å². The van der Waals surface area contributed by atoms with E-state index < -0.39 is 18.0 Å². The molecule has 0 N–H and O–H groups in total. The Hall–Kier alpha value is -4.38. The van der Waals surface area contributed by atoms with Crippen LogP contribution >= 0.6 is 11.3 Å². The van der Waals surface area contributed by atoms with Crippen molar-refractivity contribution in [3.63, 3.8) is 0 Å². The smallest absolute Gasteiger partial charge is 0.338 e. The van der Waals surface area contributed by atoms with Crippen molar-refractivity contribution in [1.82, 2.24) is 4.57 Å². The zero-order valence-electron chi connectivity index (χ0n) is 23.8. The molecule has 1 aromatic heterocycles. The molecule has 0 spiro atoms. The quantitative estimate of drug-likeness (QED) is 0.264. The van der Waals surface area contributed by atoms with Crippen LogP contribution in [0, 0.1) is 0 Å². The fraction of sp³-hybridized carbons (Fsp3) is 0.333. The van der Waals surface area contributed by atoms with Crippen molar-refractivity contribution in [2.24, 2.45) is 4.99 Å². The van der Waals surface area contributed by atoms with Gasteiger partial charge >= 0.3 is 11.9 Å². The number of fused-ring (bicyclic) bond motifs is 1. The van der Waals surface area contributed by atoms with Crippen molar-refractivity contribution in [3.8, 4) is 23.0 Å². The van der Waals surface area contributed by atoms with Gasteiger partial charge in [0.2, 0.25) is 0 Å². The average molecular weight is 581 g/mol. The number of nitrogens with zero attached hydrogens (tertiary/aromatic N) is 2. The van der Waals surface area contributed by atoms with Gasteiger partial charge in [0.05, 0.1) is 48.8 Å². The molecule has 3 aromatic rings. The highest BCUT2D eigenvalue weighted by atomic mass is 32.1. The molecular weight excluding hydrogens is 548 g/mol. The van der Waals surface area contributed by atoms with E-state index in [4.69, 9.17) is 23.7 Å². The number of rotatable bonds is 10. The van der Waals surface area contributed by atoms with Crippen molar-refractivity contribution in [3.05, 3.63) is 78.5 Å². The first-order chi connectivity index (χ1) is 19.7. The van der Waals surface area contributed by atoms with E-state index in [9.17, 15) is 14.4 Å². The van der Waals surface area contributed by atoms with Gasteiger partial charge in [0.25, 0.3) is 5.56 Å². The maximum Gasteiger partial charge on any atom is 0.338 e. The summed E-state index contributed by atoms with van der Waals surface area (Å²) in [7, 11) is 1.47. The van der Waals surface area contributed by atoms with E-state index in [0.717, 1.165) is 0 Å². The predicted molar refractivity (Wildman–Crippen MR) is 153 cm³/mol. The maximum absolute atomic E-state index is 13.9. The first-order valence-corrected chi connectivity index (χ1v) is 14.0. The number of carbonyl (C=O) groups is 2. The Morgan fingerprint density at radius 2 is 1.68 bits per heavy atom. The SMILES string of the molecule is CCOC(=O)C1=C(C)N=c2s/c(=C\c3ccc(OC(C)=O)c(OC)c3)c(=O)n2[C@@H]1c1ccc(OCC)c(OCC)c1. The number of methoxy groups -OCH3 is 1. The van der Waals surface area contributed by atoms with Gasteiger partial charge in [-0.2, -0.15) is 0 Å². The van der Waals surface area contributed by atoms with E-state index in [0.29, 0.717) is 56.6 Å². The summed E-state index contributed by atoms with van der Waals surface area (Å²) < 4.78 is 29.4. The third-order valence-corrected chi connectivity index (χ3v) is 7.12. The standard InChI is InChI=1S/C30H32N2O8S/c1-7-37-21-13-11-20(16-24(21)38-8-2)27-26(29(35)39-9-3)17(4)31-30-32(27)28(34)25(41-30)15-19-10-12-22(40-18(5)33)23(14-19)36-6/h10-16,27H,7-9H2,1-6H3/b25-15-/t27-/m1/s1. The van der Waals surface area contributed by atoms with E-state index >= 15 is 0 Å². The van der Waals surface area contributed by atoms with Crippen molar-refractivity contribution >= 4 is 29.4 Å². The molecule has 1 aliphatic rings. The number of esters is 2. The second-order valence-electron chi connectivity index (χ2n) is 8.88. The Kier molecular flexibility index (Phi) is 9.28. The van der Waals surface area contributed by atoms with Crippen LogP contribution in [0.2, 0.25) is 0 Å². The normalized spacial score (nSPS) is 14.7. The van der Waals surface area contributed by atoms with Crippen LogP contribution in [0.25, 0.3) is 6.08 Å². The second kappa shape index (κ2) is 12.9. The Morgan fingerprint density at radius 3 is 2.34 bits per heavy atom. The van der Waals surface area contributed by atoms with Crippen LogP contribution in [-0.2, 0) is 14.3 Å². The fourth-order valence-corrected chi connectivity index (χ4v) is 5.56. The lowest BCUT2D eigenvalue weighted by Crippen LogP contribution is -2.40. The molecule has 0 amide bonds. The van der Waals surface area contributed by atoms with Gasteiger partial charge in [-0.25, -0.2) is 9.79 Å². The first-order valence-electron chi connectivity index (χ1n) is 13.2. The van der Waals surface area contributed by atoms with Crippen molar-refractivity contribution < 1.29 is 33.3 Å². The van der Waals surface area contributed by atoms with Gasteiger partial charge in [0.1, 0.15) is 0 Å². The van der Waals surface area contributed by atoms with Crippen molar-refractivity contribution in [2.75, 3.05) is 26.9 Å². The number of carbonyl (C=O) groups excluding carboxylic acids is 2. The number of aromatic nitrogens is 1. The minimum Gasteiger partial charge on any atom is -0.493 e. The maximum atomic E-state index is 13.9. The Balaban J connectivity index is 1.91. The van der Waals surface area contributed by atoms with E-state index in [-0.39, 0.29) is 23.5 Å². The van der Waals surface area contributed by atoms with Gasteiger partial charge < -0.3 is 23.7 Å². The summed E-state index contributed by atoms with van der Waals surface area (Å²) in [5, 5.41) is 0. The molecule has 0 radical (unpaired) electrons. The van der Waals surface area contributed by atoms with Gasteiger partial charge in [-0.15, -0.1) is 0 Å². The number of ether oxygens (including phenoxy) is 5. The van der Waals surface area contributed by atoms with Crippen LogP contribution in [0.4, 0.5) is 0 Å². The van der Waals surface area contributed by atoms with E-state index in [1.807, 2.05) is 19.9 Å². The zero-order chi connectivity index (χ0) is 29.7. The molecule has 41 heavy (non-hydrogen) atoms. The third-order valence-electron chi connectivity index (χ3n) is 6.14. The number of hydrogen-bond acceptors (Lipinski definition) is 10. The topological polar surface area (TPSA) is 115 Å². The molecule has 0 aliphatic carbocycles. The summed E-state index contributed by atoms with van der Waals surface area (Å²) in [6.45, 7) is 9.54. The molecule has 0 saturated carbocycles. The highest BCUT2D eigenvalue weighted by Gasteiger charge is 2.34. The highest BCUT2D eigenvalue weighted by Crippen LogP contribution is 2.36. The van der Waals surface area contributed by atoms with Gasteiger partial charge in [-0.3, -0.25) is 14.2 Å². The van der Waals surface area contributed by atoms with E-state index in [2.05, 4.69) is 4.99 Å². The minimum absolute atomic E-state index is 0.172. The molecule has 4 rings (SSSR count). The summed E-state index contributed by atoms with van der Waals surface area (Å²) in [4.78, 5) is 43.6. The number of allylic oxidation sites excluding steroid dienone is 1. The van der Waals surface area contributed by atoms with Crippen LogP contribution in [0.3, 0.4) is 0 Å². The van der Waals surface area contributed by atoms with Gasteiger partial charge in [0, 0.05) is 6.92 Å². The Labute approximate surface area is 241 Å². The average Bonchev–Trinajstić information content (AvgIpc) is 3.23. The lowest BCUT2D eigenvalue weighted by molar-refractivity contribution is -0.139. The summed E-state index contributed by atoms with van der Waals surface area (Å²) in [5.41, 5.74) is 1.70. The molecule has 216 valence electrons. The van der Waals surface area contributed by atoms with Crippen LogP contribution in [0.5, 0.6) is 23.0 Å². The summed E-state index contributed by atoms with van der Waals surface area (Å²) >= 11 is 1.20. The molecule has 10 nitrogen and oxygen atoms in total. The summed E-state index contributed by atoms with van der Waals surface area (Å²) in [6, 6.07) is 9.55. The molecule has 1 aliphatic heterocycles. The molecule has 1 atom stereocenters. The Bertz CT molecular complexity index is 1690. The lowest BCUT2D eigenvalue weighted by Gasteiger charge is -2.25. The molecule has 0 bridgehead atoms. The van der Waals surface area contributed by atoms with Crippen LogP contribution < -0.4 is 33.8 Å². The third kappa shape index (κ3) is 6.19. The lowest BCUT2D eigenvalue weighted by atomic mass is 9.95. The number of benzene rings is 2. The van der Waals surface area contributed by atoms with Crippen LogP contribution in [0.1, 0.15) is 51.8 Å². The predicted octanol–water partition coefficient (Wildman–Crippen LogP) is 3.53. The largest absolute Gasteiger partial charge is 0.493 e. The van der Waals surface area contributed by atoms with E-state index in [1.54, 1.807) is 50.3 Å². The van der Waals surface area contributed by atoms with Crippen molar-refractivity contribution in [1.29, 1.82) is 0 Å². The molecule has 0 saturated heterocycles. The molecule has 11 heteroatoms. The molecule has 2 aromatic carbocycles. The second-order valence-corrected chi connectivity index (χ2v) is 9.89. The highest BCUT2D eigenvalue weighted by molar-refractivity contribution is 7.07. The summed E-state index contributed by atoms with van der Waals surface area (Å²) in [6.07, 6.45) is 1.70. The number of thiazole rings is 1. The zero-order valence-corrected chi connectivity index (χ0v) is 24.6. The monoisotopic (exact) mass is 580 g/mol. The number of hydrogen-bond donors (Lipinski definition) is 0. The summed E-state index contributed by atoms with van der Waals surface area (Å²) in [5.74, 6) is 0.665. The van der Waals surface area contributed by atoms with Gasteiger partial charge in [0.15, 0.2) is 27.8 Å². The fourth-order valence-electron chi connectivity index (χ4n) is 4.51. The van der Waals surface area contributed by atoms with Gasteiger partial charge in [-0.05, 0) is 69.2 Å². The first kappa shape index (κ1) is 29.6. The molecule has 0 unspecified atom stereocenters. The van der Waals surface area contributed by atoms with E-state index in [1.165, 1.54) is 29.9 Å². The van der Waals surface area contributed by atoms with Crippen LogP contribution in [-0.4, -0.2) is 43.4 Å². The molecular formula is C30H32N2O8S. The molecule has 0 fully saturated rings. The van der Waals surface area contributed by atoms with Crippen molar-refractivity contribution in [2.45, 2.75) is 40.7 Å².